The number of hydrogen-bond donors (Lipinski definition) is 1. The third-order valence-corrected chi connectivity index (χ3v) is 3.77. The van der Waals surface area contributed by atoms with Crippen molar-refractivity contribution in [2.24, 2.45) is 0 Å². The van der Waals surface area contributed by atoms with Crippen molar-refractivity contribution in [3.8, 4) is 0 Å². The van der Waals surface area contributed by atoms with Crippen molar-refractivity contribution in [2.75, 3.05) is 18.0 Å². The third kappa shape index (κ3) is 2.67. The second kappa shape index (κ2) is 6.29. The Morgan fingerprint density at radius 3 is 2.75 bits per heavy atom. The van der Waals surface area contributed by atoms with Gasteiger partial charge in [-0.25, -0.2) is 0 Å². The highest BCUT2D eigenvalue weighted by Gasteiger charge is 2.25. The van der Waals surface area contributed by atoms with E-state index in [9.17, 15) is 4.79 Å². The number of amides is 1. The van der Waals surface area contributed by atoms with Gasteiger partial charge in [-0.15, -0.1) is 12.4 Å². The molecule has 2 aromatic rings. The van der Waals surface area contributed by atoms with Crippen LogP contribution in [0.15, 0.2) is 35.1 Å². The first kappa shape index (κ1) is 14.9. The lowest BCUT2D eigenvalue weighted by atomic mass is 10.0. The van der Waals surface area contributed by atoms with Gasteiger partial charge in [0.1, 0.15) is 6.26 Å². The number of hydrogen-bond acceptors (Lipinski definition) is 3. The highest BCUT2D eigenvalue weighted by atomic mass is 35.5. The van der Waals surface area contributed by atoms with Crippen LogP contribution in [0.1, 0.15) is 19.8 Å². The van der Waals surface area contributed by atoms with E-state index in [2.05, 4.69) is 5.32 Å². The third-order valence-electron chi connectivity index (χ3n) is 3.77. The molecule has 2 heterocycles. The van der Waals surface area contributed by atoms with Gasteiger partial charge in [-0.1, -0.05) is 12.1 Å². The number of furan rings is 1. The molecule has 0 radical (unpaired) electrons. The number of nitrogens with one attached hydrogen (secondary N) is 1. The van der Waals surface area contributed by atoms with Crippen LogP contribution in [0.25, 0.3) is 10.8 Å². The van der Waals surface area contributed by atoms with Crippen molar-refractivity contribution in [3.05, 3.63) is 30.7 Å². The summed E-state index contributed by atoms with van der Waals surface area (Å²) < 4.78 is 5.27. The lowest BCUT2D eigenvalue weighted by Gasteiger charge is -2.34. The number of piperidine rings is 1. The fourth-order valence-electron chi connectivity index (χ4n) is 2.88. The van der Waals surface area contributed by atoms with Crippen LogP contribution in [0.2, 0.25) is 0 Å². The van der Waals surface area contributed by atoms with Crippen molar-refractivity contribution in [3.63, 3.8) is 0 Å². The standard InChI is InChI=1S/C15H18N2O2.ClH/c1-11(18)17(13-5-7-16-8-6-13)15-4-2-3-12-9-19-10-14(12)15;/h2-4,9-10,13,16H,5-8H2,1H3;1H. The molecule has 1 fully saturated rings. The van der Waals surface area contributed by atoms with E-state index in [1.165, 1.54) is 0 Å². The van der Waals surface area contributed by atoms with Gasteiger partial charge < -0.3 is 14.6 Å². The molecule has 0 bridgehead atoms. The van der Waals surface area contributed by atoms with Crippen LogP contribution >= 0.6 is 12.4 Å². The Balaban J connectivity index is 0.00000147. The molecule has 0 spiro atoms. The molecule has 1 N–H and O–H groups in total. The number of fused-ring (bicyclic) bond motifs is 1. The molecule has 1 aliphatic rings. The van der Waals surface area contributed by atoms with Gasteiger partial charge in [0.05, 0.1) is 12.0 Å². The fourth-order valence-corrected chi connectivity index (χ4v) is 2.88. The number of carbonyl (C=O) groups excluding carboxylic acids is 1. The van der Waals surface area contributed by atoms with E-state index in [1.54, 1.807) is 19.5 Å². The quantitative estimate of drug-likeness (QED) is 0.926. The molecule has 1 aromatic carbocycles. The zero-order chi connectivity index (χ0) is 13.2. The zero-order valence-electron chi connectivity index (χ0n) is 11.5. The number of benzene rings is 1. The SMILES string of the molecule is CC(=O)N(c1cccc2cocc12)C1CCNCC1.Cl. The van der Waals surface area contributed by atoms with Gasteiger partial charge in [0.25, 0.3) is 0 Å². The summed E-state index contributed by atoms with van der Waals surface area (Å²) in [6.45, 7) is 3.58. The second-order valence-corrected chi connectivity index (χ2v) is 5.02. The molecule has 1 aliphatic heterocycles. The number of anilines is 1. The Morgan fingerprint density at radius 2 is 2.05 bits per heavy atom. The first-order valence-electron chi connectivity index (χ1n) is 6.73. The molecular formula is C15H19ClN2O2. The Bertz CT molecular complexity index is 590. The molecular weight excluding hydrogens is 276 g/mol. The van der Waals surface area contributed by atoms with Crippen LogP contribution in [0, 0.1) is 0 Å². The van der Waals surface area contributed by atoms with Gasteiger partial charge in [-0.2, -0.15) is 0 Å². The van der Waals surface area contributed by atoms with Gasteiger partial charge in [0, 0.05) is 23.7 Å². The van der Waals surface area contributed by atoms with Crippen LogP contribution in [0.4, 0.5) is 5.69 Å². The van der Waals surface area contributed by atoms with Gasteiger partial charge >= 0.3 is 0 Å². The van der Waals surface area contributed by atoms with Crippen LogP contribution in [-0.2, 0) is 4.79 Å². The van der Waals surface area contributed by atoms with Gasteiger partial charge in [-0.05, 0) is 32.0 Å². The number of nitrogens with zero attached hydrogens (tertiary/aromatic N) is 1. The molecule has 0 saturated carbocycles. The molecule has 5 heteroatoms. The molecule has 4 nitrogen and oxygen atoms in total. The normalized spacial score (nSPS) is 15.8. The summed E-state index contributed by atoms with van der Waals surface area (Å²) in [5.41, 5.74) is 0.964. The van der Waals surface area contributed by atoms with E-state index in [0.717, 1.165) is 42.4 Å². The average molecular weight is 295 g/mol. The minimum Gasteiger partial charge on any atom is -0.471 e. The Kier molecular flexibility index (Phi) is 4.68. The summed E-state index contributed by atoms with van der Waals surface area (Å²) >= 11 is 0. The monoisotopic (exact) mass is 294 g/mol. The van der Waals surface area contributed by atoms with Crippen LogP contribution < -0.4 is 10.2 Å². The summed E-state index contributed by atoms with van der Waals surface area (Å²) in [6.07, 6.45) is 5.43. The molecule has 1 saturated heterocycles. The average Bonchev–Trinajstić information content (AvgIpc) is 2.89. The maximum atomic E-state index is 12.1. The van der Waals surface area contributed by atoms with E-state index in [0.29, 0.717) is 0 Å². The summed E-state index contributed by atoms with van der Waals surface area (Å²) in [7, 11) is 0. The first-order chi connectivity index (χ1) is 9.27. The van der Waals surface area contributed by atoms with E-state index < -0.39 is 0 Å². The Morgan fingerprint density at radius 1 is 1.30 bits per heavy atom. The summed E-state index contributed by atoms with van der Waals surface area (Å²) in [5, 5.41) is 5.39. The second-order valence-electron chi connectivity index (χ2n) is 5.02. The number of halogens is 1. The predicted octanol–water partition coefficient (Wildman–Crippen LogP) is 2.96. The highest BCUT2D eigenvalue weighted by molar-refractivity contribution is 6.02. The van der Waals surface area contributed by atoms with E-state index in [-0.39, 0.29) is 24.4 Å². The number of carbonyl (C=O) groups is 1. The van der Waals surface area contributed by atoms with Crippen LogP contribution in [0.5, 0.6) is 0 Å². The lowest BCUT2D eigenvalue weighted by molar-refractivity contribution is -0.117. The van der Waals surface area contributed by atoms with Gasteiger partial charge in [-0.3, -0.25) is 4.79 Å². The topological polar surface area (TPSA) is 45.5 Å². The smallest absolute Gasteiger partial charge is 0.224 e. The summed E-state index contributed by atoms with van der Waals surface area (Å²) in [6, 6.07) is 6.26. The first-order valence-corrected chi connectivity index (χ1v) is 6.73. The highest BCUT2D eigenvalue weighted by Crippen LogP contribution is 2.30. The maximum Gasteiger partial charge on any atom is 0.224 e. The molecule has 20 heavy (non-hydrogen) atoms. The van der Waals surface area contributed by atoms with Gasteiger partial charge in [0.2, 0.25) is 5.91 Å². The summed E-state index contributed by atoms with van der Waals surface area (Å²) in [4.78, 5) is 14.0. The van der Waals surface area contributed by atoms with Crippen LogP contribution in [0.3, 0.4) is 0 Å². The summed E-state index contributed by atoms with van der Waals surface area (Å²) in [5.74, 6) is 0.0978. The Labute approximate surface area is 124 Å². The minimum atomic E-state index is 0. The van der Waals surface area contributed by atoms with Crippen molar-refractivity contribution in [1.29, 1.82) is 0 Å². The molecule has 1 aromatic heterocycles. The Hall–Kier alpha value is -1.52. The zero-order valence-corrected chi connectivity index (χ0v) is 12.3. The number of rotatable bonds is 2. The van der Waals surface area contributed by atoms with Crippen molar-refractivity contribution in [1.82, 2.24) is 5.32 Å². The minimum absolute atomic E-state index is 0. The van der Waals surface area contributed by atoms with Gasteiger partial charge in [0.15, 0.2) is 0 Å². The van der Waals surface area contributed by atoms with Crippen molar-refractivity contribution < 1.29 is 9.21 Å². The molecule has 0 atom stereocenters. The van der Waals surface area contributed by atoms with Crippen molar-refractivity contribution >= 4 is 34.8 Å². The predicted molar refractivity (Wildman–Crippen MR) is 82.5 cm³/mol. The molecule has 1 amide bonds. The fraction of sp³-hybridized carbons (Fsp3) is 0.400. The lowest BCUT2D eigenvalue weighted by Crippen LogP contribution is -2.45. The van der Waals surface area contributed by atoms with E-state index >= 15 is 0 Å². The van der Waals surface area contributed by atoms with Crippen molar-refractivity contribution in [2.45, 2.75) is 25.8 Å². The van der Waals surface area contributed by atoms with Crippen LogP contribution in [-0.4, -0.2) is 25.0 Å². The van der Waals surface area contributed by atoms with E-state index in [1.807, 2.05) is 23.1 Å². The molecule has 0 unspecified atom stereocenters. The van der Waals surface area contributed by atoms with E-state index in [4.69, 9.17) is 4.42 Å². The largest absolute Gasteiger partial charge is 0.471 e. The molecule has 0 aliphatic carbocycles. The maximum absolute atomic E-state index is 12.1. The molecule has 108 valence electrons. The molecule has 3 rings (SSSR count).